The van der Waals surface area contributed by atoms with Gasteiger partial charge in [0, 0.05) is 64.0 Å². The van der Waals surface area contributed by atoms with E-state index in [-0.39, 0.29) is 76.7 Å². The average molecular weight is 1470 g/mol. The summed E-state index contributed by atoms with van der Waals surface area (Å²) < 4.78 is 84.6. The van der Waals surface area contributed by atoms with Crippen LogP contribution in [0, 0.1) is 33.5 Å². The summed E-state index contributed by atoms with van der Waals surface area (Å²) in [6.07, 6.45) is 19.8. The molecule has 103 heavy (non-hydrogen) atoms. The van der Waals surface area contributed by atoms with E-state index in [2.05, 4.69) is 11.3 Å². The van der Waals surface area contributed by atoms with Gasteiger partial charge in [-0.2, -0.15) is 0 Å². The number of benzene rings is 1. The van der Waals surface area contributed by atoms with Gasteiger partial charge in [0.2, 0.25) is 0 Å². The summed E-state index contributed by atoms with van der Waals surface area (Å²) in [5.74, 6) is -1.06. The topological polar surface area (TPSA) is 331 Å². The number of carbonyl (C=O) groups excluding carboxylic acids is 8. The lowest BCUT2D eigenvalue weighted by molar-refractivity contribution is -0.160. The second-order valence-corrected chi connectivity index (χ2v) is 28.4. The average Bonchev–Trinajstić information content (AvgIpc) is 1.81. The normalized spacial score (nSPS) is 19.9. The Morgan fingerprint density at radius 1 is 0.447 bits per heavy atom. The van der Waals surface area contributed by atoms with Gasteiger partial charge in [-0.15, -0.1) is 0 Å². The van der Waals surface area contributed by atoms with Crippen LogP contribution in [0.5, 0.6) is 0 Å². The van der Waals surface area contributed by atoms with Gasteiger partial charge in [-0.3, -0.25) is 19.2 Å². The molecule has 1 N–H and O–H groups in total. The molecular formula is C76H122O27. The summed E-state index contributed by atoms with van der Waals surface area (Å²) in [6, 6.07) is 9.64. The number of hydrogen-bond acceptors (Lipinski definition) is 26. The van der Waals surface area contributed by atoms with E-state index in [1.165, 1.54) is 34.2 Å². The number of aliphatic carboxylic acids is 1. The molecule has 10 aliphatic carbocycles. The number of rotatable bonds is 34. The maximum atomic E-state index is 11.6. The highest BCUT2D eigenvalue weighted by molar-refractivity contribution is 5.85. The molecule has 0 aliphatic heterocycles. The largest absolute Gasteiger partial charge is 0.481 e. The van der Waals surface area contributed by atoms with Crippen LogP contribution in [0.15, 0.2) is 43.0 Å². The number of hydrogen-bond donors (Lipinski definition) is 1. The van der Waals surface area contributed by atoms with Crippen LogP contribution in [0.25, 0.3) is 0 Å². The van der Waals surface area contributed by atoms with Gasteiger partial charge in [0.1, 0.15) is 13.2 Å². The zero-order valence-corrected chi connectivity index (χ0v) is 64.4. The minimum Gasteiger partial charge on any atom is -0.481 e. The smallest absolute Gasteiger partial charge is 0.338 e. The molecule has 0 radical (unpaired) electrons. The fraction of sp³-hybridized carbons (Fsp3) is 0.776. The highest BCUT2D eigenvalue weighted by atomic mass is 16.6. The molecule has 0 saturated heterocycles. The second-order valence-electron chi connectivity index (χ2n) is 28.4. The molecular weight excluding hydrogens is 1340 g/mol. The molecule has 27 nitrogen and oxygen atoms in total. The molecule has 0 aromatic heterocycles. The molecule has 0 unspecified atom stereocenters. The molecule has 0 bridgehead atoms. The van der Waals surface area contributed by atoms with Crippen LogP contribution in [-0.2, 0) is 130 Å². The van der Waals surface area contributed by atoms with Crippen molar-refractivity contribution in [2.45, 2.75) is 217 Å². The second kappa shape index (κ2) is 43.5. The zero-order chi connectivity index (χ0) is 77.2. The molecule has 0 atom stereocenters. The van der Waals surface area contributed by atoms with E-state index < -0.39 is 39.4 Å². The third-order valence-electron chi connectivity index (χ3n) is 18.7. The van der Waals surface area contributed by atoms with Crippen molar-refractivity contribution < 1.29 is 129 Å². The molecule has 10 saturated carbocycles. The first-order valence-corrected chi connectivity index (χ1v) is 35.9. The number of methoxy groups -OCH3 is 10. The van der Waals surface area contributed by atoms with E-state index in [9.17, 15) is 43.2 Å². The Morgan fingerprint density at radius 2 is 0.806 bits per heavy atom. The summed E-state index contributed by atoms with van der Waals surface area (Å²) in [6.45, 7) is 19.5. The van der Waals surface area contributed by atoms with Gasteiger partial charge in [-0.25, -0.2) is 24.0 Å². The van der Waals surface area contributed by atoms with Gasteiger partial charge in [0.15, 0.2) is 28.0 Å². The van der Waals surface area contributed by atoms with Crippen molar-refractivity contribution in [2.24, 2.45) is 33.5 Å². The fourth-order valence-corrected chi connectivity index (χ4v) is 9.65. The predicted octanol–water partition coefficient (Wildman–Crippen LogP) is 9.83. The number of esters is 8. The third-order valence-corrected chi connectivity index (χ3v) is 18.7. The van der Waals surface area contributed by atoms with Crippen LogP contribution < -0.4 is 0 Å². The van der Waals surface area contributed by atoms with Crippen LogP contribution >= 0.6 is 0 Å². The molecule has 0 heterocycles. The van der Waals surface area contributed by atoms with E-state index in [1.807, 2.05) is 71.9 Å². The fourth-order valence-electron chi connectivity index (χ4n) is 9.65. The molecule has 1 aromatic rings. The summed E-state index contributed by atoms with van der Waals surface area (Å²) in [7, 11) is 15.5. The van der Waals surface area contributed by atoms with E-state index >= 15 is 0 Å². The minimum atomic E-state index is -0.718. The summed E-state index contributed by atoms with van der Waals surface area (Å²) >= 11 is 0. The SMILES string of the molecule is C=CCOC(=O)C1(OC)CC1.CCCOC(=O)C1(OC)CC1.CCOC(=O)C1(COC)CC1.COC1(C(=O)OCC(C)C)CC1.COC1(C(=O)OCC2CC2)CC1.COC1(C(=O)OCc2ccccc2)CC1.COCC1(C(=O)O)CC1.COCC1(C(=O)OC(C)C)CC1.COCC1(C(=O)OC)CC1. The Bertz CT molecular complexity index is 2740. The highest BCUT2D eigenvalue weighted by Crippen LogP contribution is 2.50. The van der Waals surface area contributed by atoms with Gasteiger partial charge >= 0.3 is 53.7 Å². The molecule has 0 amide bonds. The molecule has 588 valence electrons. The van der Waals surface area contributed by atoms with Crippen LogP contribution in [0.2, 0.25) is 0 Å². The van der Waals surface area contributed by atoms with E-state index in [4.69, 9.17) is 80.9 Å². The van der Waals surface area contributed by atoms with Gasteiger partial charge in [-0.05, 0) is 173 Å². The van der Waals surface area contributed by atoms with Gasteiger partial charge in [0.25, 0.3) is 0 Å². The van der Waals surface area contributed by atoms with Crippen LogP contribution in [0.4, 0.5) is 0 Å². The van der Waals surface area contributed by atoms with E-state index in [0.717, 1.165) is 128 Å². The van der Waals surface area contributed by atoms with Crippen molar-refractivity contribution in [3.05, 3.63) is 48.6 Å². The van der Waals surface area contributed by atoms with E-state index in [1.54, 1.807) is 55.8 Å². The quantitative estimate of drug-likeness (QED) is 0.0381. The zero-order valence-electron chi connectivity index (χ0n) is 64.4. The van der Waals surface area contributed by atoms with Gasteiger partial charge in [0.05, 0.1) is 87.7 Å². The summed E-state index contributed by atoms with van der Waals surface area (Å²) in [5.41, 5.74) is -3.27. The Balaban J connectivity index is 0.000000302. The van der Waals surface area contributed by atoms with Crippen molar-refractivity contribution in [1.29, 1.82) is 0 Å². The molecule has 11 rings (SSSR count). The van der Waals surface area contributed by atoms with Crippen LogP contribution in [-0.4, -0.2) is 223 Å². The molecule has 10 aliphatic rings. The van der Waals surface area contributed by atoms with Crippen molar-refractivity contribution >= 4 is 53.7 Å². The lowest BCUT2D eigenvalue weighted by Gasteiger charge is -2.15. The van der Waals surface area contributed by atoms with E-state index in [0.29, 0.717) is 71.3 Å². The number of carbonyl (C=O) groups is 9. The minimum absolute atomic E-state index is 0.0215. The predicted molar refractivity (Wildman–Crippen MR) is 375 cm³/mol. The number of ether oxygens (including phenoxy) is 17. The summed E-state index contributed by atoms with van der Waals surface area (Å²) in [4.78, 5) is 101. The maximum absolute atomic E-state index is 11.6. The summed E-state index contributed by atoms with van der Waals surface area (Å²) in [5, 5.41) is 8.55. The van der Waals surface area contributed by atoms with Crippen molar-refractivity contribution in [3.63, 3.8) is 0 Å². The van der Waals surface area contributed by atoms with Gasteiger partial charge < -0.3 is 85.6 Å². The van der Waals surface area contributed by atoms with Gasteiger partial charge in [-0.1, -0.05) is 63.8 Å². The lowest BCUT2D eigenvalue weighted by atomic mass is 10.1. The highest BCUT2D eigenvalue weighted by Gasteiger charge is 2.57. The molecule has 1 aromatic carbocycles. The Morgan fingerprint density at radius 3 is 1.11 bits per heavy atom. The molecule has 27 heteroatoms. The van der Waals surface area contributed by atoms with Crippen molar-refractivity contribution in [2.75, 3.05) is 131 Å². The first kappa shape index (κ1) is 91.0. The lowest BCUT2D eigenvalue weighted by Crippen LogP contribution is -2.28. The number of carboxylic acid groups (broad SMARTS) is 1. The first-order chi connectivity index (χ1) is 49.0. The van der Waals surface area contributed by atoms with Crippen LogP contribution in [0.1, 0.15) is 182 Å². The van der Waals surface area contributed by atoms with Crippen molar-refractivity contribution in [1.82, 2.24) is 0 Å². The Kier molecular flexibility index (Phi) is 38.4. The maximum Gasteiger partial charge on any atom is 0.338 e. The standard InChI is InChI=1S/C12H14O3.C9H14O3.2C9H16O3.2C8H14O3.C8H12O3.C7H12O3.C6H10O3/c1-14-12(7-8-12)11(13)15-9-10-5-3-2-4-6-10;1-11-9(4-5-9)8(10)12-6-7-2-3-7;1-7(2)12-8(10)9(4-5-9)6-11-3;1-7(2)6-12-8(10)9(11-3)4-5-9;1-3-11-7(9)8(4-5-8)6-10-2;2*1-3-6-11-7(9)8(10-2)4-5-8;1-9-5-7(3-4-7)6(8)10-2;1-9-4-6(2-3-6)5(7)8/h2-6H,7-9H2,1H3;7H,2-6H2,1H3;2*7H,4-6H2,1-3H3;2*3-6H2,1-2H3;3H,1,4-6H2,2H3;3-5H2,1-2H3;2-4H2,1H3,(H,7,8). The van der Waals surface area contributed by atoms with Crippen molar-refractivity contribution in [3.8, 4) is 0 Å². The Labute approximate surface area is 609 Å². The Hall–Kier alpha value is -6.17. The molecule has 0 spiro atoms. The third kappa shape index (κ3) is 30.3. The molecule has 10 fully saturated rings. The van der Waals surface area contributed by atoms with Crippen LogP contribution in [0.3, 0.4) is 0 Å². The first-order valence-electron chi connectivity index (χ1n) is 35.9. The monoisotopic (exact) mass is 1470 g/mol. The number of carboxylic acids is 1.